The Bertz CT molecular complexity index is 1050. The van der Waals surface area contributed by atoms with E-state index < -0.39 is 0 Å². The lowest BCUT2D eigenvalue weighted by molar-refractivity contribution is 0.179. The highest BCUT2D eigenvalue weighted by atomic mass is 35.5. The van der Waals surface area contributed by atoms with Crippen LogP contribution < -0.4 is 5.32 Å². The minimum atomic E-state index is 0.0378. The van der Waals surface area contributed by atoms with E-state index in [-0.39, 0.29) is 10.2 Å². The number of anilines is 1. The molecule has 0 atom stereocenters. The maximum atomic E-state index is 6.32. The first kappa shape index (κ1) is 23.0. The Morgan fingerprint density at radius 1 is 1.18 bits per heavy atom. The van der Waals surface area contributed by atoms with E-state index in [1.165, 1.54) is 41.6 Å². The van der Waals surface area contributed by atoms with E-state index in [1.54, 1.807) is 0 Å². The van der Waals surface area contributed by atoms with Crippen LogP contribution in [0.25, 0.3) is 0 Å². The van der Waals surface area contributed by atoms with E-state index in [2.05, 4.69) is 60.8 Å². The van der Waals surface area contributed by atoms with Crippen molar-refractivity contribution < 1.29 is 0 Å². The van der Waals surface area contributed by atoms with Gasteiger partial charge in [0.15, 0.2) is 0 Å². The third-order valence-corrected chi connectivity index (χ3v) is 9.66. The van der Waals surface area contributed by atoms with Gasteiger partial charge in [0, 0.05) is 32.8 Å². The smallest absolute Gasteiger partial charge is 0.0968 e. The van der Waals surface area contributed by atoms with Gasteiger partial charge >= 0.3 is 0 Å². The molecule has 1 aromatic heterocycles. The van der Waals surface area contributed by atoms with Gasteiger partial charge in [-0.15, -0.1) is 0 Å². The Balaban J connectivity index is 1.11. The number of fused-ring (bicyclic) bond motifs is 2. The van der Waals surface area contributed by atoms with Gasteiger partial charge < -0.3 is 10.2 Å². The molecule has 0 unspecified atom stereocenters. The van der Waals surface area contributed by atoms with Crippen LogP contribution >= 0.6 is 23.4 Å². The highest BCUT2D eigenvalue weighted by Crippen LogP contribution is 2.56. The summed E-state index contributed by atoms with van der Waals surface area (Å²) in [5.74, 6) is 0. The number of thioether (sulfide) groups is 1. The van der Waals surface area contributed by atoms with Gasteiger partial charge in [-0.3, -0.25) is 0 Å². The lowest BCUT2D eigenvalue weighted by Crippen LogP contribution is -2.43. The Hall–Kier alpha value is -1.75. The first-order chi connectivity index (χ1) is 15.9. The van der Waals surface area contributed by atoms with E-state index >= 15 is 0 Å². The van der Waals surface area contributed by atoms with Crippen LogP contribution in [0, 0.1) is 0 Å². The number of allylic oxidation sites excluding steroid dienone is 1. The summed E-state index contributed by atoms with van der Waals surface area (Å²) in [4.78, 5) is 7.35. The molecule has 3 heterocycles. The van der Waals surface area contributed by atoms with Crippen LogP contribution in [0.5, 0.6) is 0 Å². The van der Waals surface area contributed by atoms with Crippen molar-refractivity contribution >= 4 is 29.1 Å². The maximum Gasteiger partial charge on any atom is 0.0968 e. The summed E-state index contributed by atoms with van der Waals surface area (Å²) in [7, 11) is 0. The minimum absolute atomic E-state index is 0.0378. The number of hydrogen-bond acceptors (Lipinski definition) is 4. The van der Waals surface area contributed by atoms with E-state index in [0.29, 0.717) is 0 Å². The van der Waals surface area contributed by atoms with Gasteiger partial charge in [-0.2, -0.15) is 0 Å². The standard InChI is InChI=1S/C28H34ClN3S/c1-4-20(2)28(11-12-28)33-26-10-7-22(19-30-26)6-5-15-32-16-13-27(14-17-32)21(3)31-25-9-8-23(29)18-24(25)27/h7-10,18-19,31H,2-6,11-17H2,1H3. The topological polar surface area (TPSA) is 28.2 Å². The van der Waals surface area contributed by atoms with E-state index in [9.17, 15) is 0 Å². The molecular weight excluding hydrogens is 446 g/mol. The molecule has 1 saturated carbocycles. The molecule has 174 valence electrons. The van der Waals surface area contributed by atoms with Gasteiger partial charge in [-0.25, -0.2) is 4.98 Å². The molecule has 5 rings (SSSR count). The molecule has 3 aliphatic rings. The number of nitrogens with one attached hydrogen (secondary N) is 1. The second-order valence-corrected chi connectivity index (χ2v) is 11.7. The molecule has 0 bridgehead atoms. The zero-order valence-electron chi connectivity index (χ0n) is 19.6. The molecular formula is C28H34ClN3S. The first-order valence-corrected chi connectivity index (χ1v) is 13.4. The molecule has 1 saturated heterocycles. The highest BCUT2D eigenvalue weighted by Gasteiger charge is 2.46. The first-order valence-electron chi connectivity index (χ1n) is 12.3. The summed E-state index contributed by atoms with van der Waals surface area (Å²) in [6, 6.07) is 10.7. The van der Waals surface area contributed by atoms with Crippen molar-refractivity contribution in [2.45, 2.75) is 67.1 Å². The average molecular weight is 480 g/mol. The van der Waals surface area contributed by atoms with Crippen molar-refractivity contribution in [2.24, 2.45) is 0 Å². The van der Waals surface area contributed by atoms with Crippen molar-refractivity contribution in [3.8, 4) is 0 Å². The van der Waals surface area contributed by atoms with Gasteiger partial charge in [0.25, 0.3) is 0 Å². The molecule has 2 fully saturated rings. The summed E-state index contributed by atoms with van der Waals surface area (Å²) in [6.07, 6.45) is 10.1. The second kappa shape index (κ2) is 9.13. The summed E-state index contributed by atoms with van der Waals surface area (Å²) in [5.41, 5.74) is 6.39. The summed E-state index contributed by atoms with van der Waals surface area (Å²) >= 11 is 8.23. The minimum Gasteiger partial charge on any atom is -0.358 e. The lowest BCUT2D eigenvalue weighted by atomic mass is 9.72. The molecule has 5 heteroatoms. The fourth-order valence-electron chi connectivity index (χ4n) is 5.49. The van der Waals surface area contributed by atoms with E-state index in [1.807, 2.05) is 17.8 Å². The predicted molar refractivity (Wildman–Crippen MR) is 141 cm³/mol. The number of benzene rings is 1. The third-order valence-electron chi connectivity index (χ3n) is 7.88. The van der Waals surface area contributed by atoms with Crippen LogP contribution in [-0.2, 0) is 11.8 Å². The molecule has 1 aromatic carbocycles. The number of hydrogen-bond donors (Lipinski definition) is 1. The number of rotatable bonds is 8. The van der Waals surface area contributed by atoms with E-state index in [0.717, 1.165) is 61.1 Å². The van der Waals surface area contributed by atoms with Crippen LogP contribution in [-0.4, -0.2) is 34.3 Å². The van der Waals surface area contributed by atoms with Crippen LogP contribution in [0.2, 0.25) is 5.02 Å². The van der Waals surface area contributed by atoms with Crippen molar-refractivity contribution in [2.75, 3.05) is 25.0 Å². The zero-order chi connectivity index (χ0) is 23.1. The monoisotopic (exact) mass is 479 g/mol. The number of pyridine rings is 1. The quantitative estimate of drug-likeness (QED) is 0.404. The third kappa shape index (κ3) is 4.50. The number of halogens is 1. The number of likely N-dealkylation sites (tertiary alicyclic amines) is 1. The molecule has 1 N–H and O–H groups in total. The molecule has 2 aromatic rings. The van der Waals surface area contributed by atoms with Gasteiger partial charge in [-0.05, 0) is 100.0 Å². The Labute approximate surface area is 207 Å². The SMILES string of the molecule is C=C(CC)C1(Sc2ccc(CCCN3CCC4(CC3)C(=C)Nc3ccc(Cl)cc34)cn2)CC1. The highest BCUT2D eigenvalue weighted by molar-refractivity contribution is 8.01. The van der Waals surface area contributed by atoms with Crippen molar-refractivity contribution in [1.29, 1.82) is 0 Å². The molecule has 1 aliphatic carbocycles. The van der Waals surface area contributed by atoms with Gasteiger partial charge in [0.05, 0.1) is 5.03 Å². The Kier molecular flexibility index (Phi) is 6.37. The summed E-state index contributed by atoms with van der Waals surface area (Å²) in [5, 5.41) is 5.46. The van der Waals surface area contributed by atoms with Crippen LogP contribution in [0.1, 0.15) is 56.6 Å². The fourth-order valence-corrected chi connectivity index (χ4v) is 6.89. The molecule has 2 aliphatic heterocycles. The van der Waals surface area contributed by atoms with Crippen molar-refractivity contribution in [3.63, 3.8) is 0 Å². The summed E-state index contributed by atoms with van der Waals surface area (Å²) < 4.78 is 0.265. The molecule has 3 nitrogen and oxygen atoms in total. The molecule has 0 radical (unpaired) electrons. The maximum absolute atomic E-state index is 6.32. The second-order valence-electron chi connectivity index (χ2n) is 9.88. The lowest BCUT2D eigenvalue weighted by Gasteiger charge is -2.40. The summed E-state index contributed by atoms with van der Waals surface area (Å²) in [6.45, 7) is 14.2. The normalized spacial score (nSPS) is 20.5. The molecule has 1 spiro atoms. The largest absolute Gasteiger partial charge is 0.358 e. The zero-order valence-corrected chi connectivity index (χ0v) is 21.2. The van der Waals surface area contributed by atoms with Crippen LogP contribution in [0.3, 0.4) is 0 Å². The van der Waals surface area contributed by atoms with Gasteiger partial charge in [-0.1, -0.05) is 55.1 Å². The predicted octanol–water partition coefficient (Wildman–Crippen LogP) is 7.23. The van der Waals surface area contributed by atoms with Gasteiger partial charge in [0.1, 0.15) is 0 Å². The molecule has 0 amide bonds. The molecule has 33 heavy (non-hydrogen) atoms. The Morgan fingerprint density at radius 2 is 1.97 bits per heavy atom. The number of nitrogens with zero attached hydrogens (tertiary/aromatic N) is 2. The van der Waals surface area contributed by atoms with Crippen molar-refractivity contribution in [1.82, 2.24) is 9.88 Å². The Morgan fingerprint density at radius 3 is 2.64 bits per heavy atom. The average Bonchev–Trinajstić information content (AvgIpc) is 3.56. The number of aryl methyl sites for hydroxylation is 1. The van der Waals surface area contributed by atoms with Gasteiger partial charge in [0.2, 0.25) is 0 Å². The van der Waals surface area contributed by atoms with E-state index in [4.69, 9.17) is 16.6 Å². The van der Waals surface area contributed by atoms with Crippen LogP contribution in [0.15, 0.2) is 66.0 Å². The van der Waals surface area contributed by atoms with Crippen LogP contribution in [0.4, 0.5) is 5.69 Å². The number of aromatic nitrogens is 1. The fraction of sp³-hybridized carbons (Fsp3) is 0.464. The number of piperidine rings is 1. The van der Waals surface area contributed by atoms with Crippen molar-refractivity contribution in [3.05, 3.63) is 77.1 Å².